The van der Waals surface area contributed by atoms with Gasteiger partial charge in [0.1, 0.15) is 5.56 Å². The van der Waals surface area contributed by atoms with Gasteiger partial charge in [0, 0.05) is 57.4 Å². The molecule has 0 aliphatic carbocycles. The van der Waals surface area contributed by atoms with Crippen LogP contribution in [0.5, 0.6) is 0 Å². The minimum Gasteiger partial charge on any atom is -0.477 e. The first-order chi connectivity index (χ1) is 19.9. The van der Waals surface area contributed by atoms with Gasteiger partial charge in [0.05, 0.1) is 45.4 Å². The molecule has 2 aliphatic rings. The quantitative estimate of drug-likeness (QED) is 0.293. The van der Waals surface area contributed by atoms with Crippen molar-refractivity contribution in [1.29, 1.82) is 0 Å². The third-order valence-electron chi connectivity index (χ3n) is 7.96. The van der Waals surface area contributed by atoms with Crippen LogP contribution in [-0.4, -0.2) is 73.2 Å². The van der Waals surface area contributed by atoms with E-state index in [9.17, 15) is 14.7 Å². The van der Waals surface area contributed by atoms with Crippen LogP contribution in [0, 0.1) is 0 Å². The van der Waals surface area contributed by atoms with Gasteiger partial charge in [0.2, 0.25) is 0 Å². The van der Waals surface area contributed by atoms with E-state index in [0.29, 0.717) is 28.9 Å². The monoisotopic (exact) mass is 594 g/mol. The largest absolute Gasteiger partial charge is 0.477 e. The van der Waals surface area contributed by atoms with Gasteiger partial charge in [-0.05, 0) is 49.6 Å². The van der Waals surface area contributed by atoms with E-state index in [1.807, 2.05) is 36.4 Å². The average molecular weight is 595 g/mol. The molecule has 4 aromatic rings. The van der Waals surface area contributed by atoms with Gasteiger partial charge in [-0.1, -0.05) is 29.0 Å². The van der Waals surface area contributed by atoms with Gasteiger partial charge in [-0.3, -0.25) is 4.79 Å². The van der Waals surface area contributed by atoms with E-state index in [2.05, 4.69) is 9.80 Å². The molecule has 2 aromatic carbocycles. The van der Waals surface area contributed by atoms with Crippen LogP contribution in [0.25, 0.3) is 27.2 Å². The Morgan fingerprint density at radius 2 is 2.00 bits per heavy atom. The number of nitrogens with zero attached hydrogens (tertiary/aromatic N) is 4. The minimum atomic E-state index is -1.27. The van der Waals surface area contributed by atoms with E-state index < -0.39 is 11.4 Å². The number of aromatic nitrogens is 2. The lowest BCUT2D eigenvalue weighted by atomic mass is 10.1. The fraction of sp³-hybridized carbons (Fsp3) is 0.367. The Bertz CT molecular complexity index is 1670. The zero-order valence-electron chi connectivity index (χ0n) is 22.9. The summed E-state index contributed by atoms with van der Waals surface area (Å²) in [5.41, 5.74) is 2.88. The van der Waals surface area contributed by atoms with Crippen LogP contribution < -0.4 is 15.2 Å². The number of fused-ring (bicyclic) bond motifs is 1. The number of aromatic carboxylic acids is 1. The standard InChI is InChI=1S/C30H31ClN4O5S/c1-39-17-20-4-3-10-34(20)30-32-24-7-6-19(13-28(24)41-30)35-16-22(29(37)38)27(36)14-26(35)18-5-8-25(23(31)12-18)33-11-9-21(15-33)40-2/h5-8,12-14,16,20-21H,3-4,9-11,15,17H2,1-2H3,(H,37,38)/t20-,21-/m1/s1. The lowest BCUT2D eigenvalue weighted by molar-refractivity contribution is 0.0695. The second-order valence-electron chi connectivity index (χ2n) is 10.5. The van der Waals surface area contributed by atoms with Crippen LogP contribution in [0.2, 0.25) is 5.02 Å². The average Bonchev–Trinajstić information content (AvgIpc) is 3.72. The molecule has 4 heterocycles. The number of carboxylic acids is 1. The number of thiazole rings is 1. The number of ether oxygens (including phenoxy) is 2. The Kier molecular flexibility index (Phi) is 7.74. The first-order valence-electron chi connectivity index (χ1n) is 13.6. The molecule has 0 radical (unpaired) electrons. The van der Waals surface area contributed by atoms with E-state index in [0.717, 1.165) is 65.6 Å². The maximum absolute atomic E-state index is 12.8. The molecule has 2 atom stereocenters. The summed E-state index contributed by atoms with van der Waals surface area (Å²) in [5, 5.41) is 11.2. The fourth-order valence-corrected chi connectivity index (χ4v) is 7.22. The van der Waals surface area contributed by atoms with Gasteiger partial charge in [-0.25, -0.2) is 9.78 Å². The van der Waals surface area contributed by atoms with Gasteiger partial charge in [0.25, 0.3) is 0 Å². The van der Waals surface area contributed by atoms with Crippen LogP contribution in [0.15, 0.2) is 53.5 Å². The van der Waals surface area contributed by atoms with Crippen LogP contribution in [-0.2, 0) is 9.47 Å². The molecular formula is C30H31ClN4O5S. The molecule has 2 saturated heterocycles. The number of rotatable bonds is 8. The summed E-state index contributed by atoms with van der Waals surface area (Å²) in [6, 6.07) is 13.2. The van der Waals surface area contributed by atoms with E-state index in [1.54, 1.807) is 30.1 Å². The van der Waals surface area contributed by atoms with Gasteiger partial charge in [-0.2, -0.15) is 0 Å². The molecule has 9 nitrogen and oxygen atoms in total. The molecule has 2 fully saturated rings. The van der Waals surface area contributed by atoms with Crippen molar-refractivity contribution in [2.75, 3.05) is 50.3 Å². The molecule has 2 aliphatic heterocycles. The third-order valence-corrected chi connectivity index (χ3v) is 9.32. The van der Waals surface area contributed by atoms with Crippen LogP contribution in [0.1, 0.15) is 29.6 Å². The van der Waals surface area contributed by atoms with Crippen molar-refractivity contribution in [3.63, 3.8) is 0 Å². The fourth-order valence-electron chi connectivity index (χ4n) is 5.82. The number of carboxylic acid groups (broad SMARTS) is 1. The molecule has 0 bridgehead atoms. The van der Waals surface area contributed by atoms with E-state index in [4.69, 9.17) is 26.1 Å². The number of halogens is 1. The minimum absolute atomic E-state index is 0.165. The molecule has 0 unspecified atom stereocenters. The Morgan fingerprint density at radius 1 is 1.15 bits per heavy atom. The van der Waals surface area contributed by atoms with E-state index in [-0.39, 0.29) is 11.7 Å². The Labute approximate surface area is 246 Å². The van der Waals surface area contributed by atoms with Crippen LogP contribution >= 0.6 is 22.9 Å². The zero-order chi connectivity index (χ0) is 28.7. The number of hydrogen-bond acceptors (Lipinski definition) is 8. The van der Waals surface area contributed by atoms with Crippen molar-refractivity contribution in [3.8, 4) is 16.9 Å². The normalized spacial score (nSPS) is 19.0. The highest BCUT2D eigenvalue weighted by Crippen LogP contribution is 2.37. The van der Waals surface area contributed by atoms with Crippen molar-refractivity contribution >= 4 is 49.9 Å². The van der Waals surface area contributed by atoms with Gasteiger partial charge in [0.15, 0.2) is 10.6 Å². The molecule has 11 heteroatoms. The lowest BCUT2D eigenvalue weighted by Gasteiger charge is -2.22. The second-order valence-corrected chi connectivity index (χ2v) is 11.9. The maximum Gasteiger partial charge on any atom is 0.341 e. The molecule has 0 saturated carbocycles. The molecule has 0 spiro atoms. The number of methoxy groups -OCH3 is 2. The number of benzene rings is 2. The topological polar surface area (TPSA) is 97.1 Å². The highest BCUT2D eigenvalue weighted by molar-refractivity contribution is 7.22. The predicted octanol–water partition coefficient (Wildman–Crippen LogP) is 5.31. The molecule has 1 N–H and O–H groups in total. The number of carbonyl (C=O) groups is 1. The van der Waals surface area contributed by atoms with E-state index >= 15 is 0 Å². The SMILES string of the molecule is COC[C@H]1CCCN1c1nc2ccc(-n3cc(C(=O)O)c(=O)cc3-c3ccc(N4CC[C@@H](OC)C4)c(Cl)c3)cc2s1. The molecule has 6 rings (SSSR count). The van der Waals surface area contributed by atoms with Crippen molar-refractivity contribution in [2.45, 2.75) is 31.4 Å². The lowest BCUT2D eigenvalue weighted by Crippen LogP contribution is -2.32. The van der Waals surface area contributed by atoms with Gasteiger partial charge >= 0.3 is 5.97 Å². The summed E-state index contributed by atoms with van der Waals surface area (Å²) in [6.45, 7) is 3.20. The van der Waals surface area contributed by atoms with Gasteiger partial charge in [-0.15, -0.1) is 0 Å². The smallest absolute Gasteiger partial charge is 0.341 e. The molecule has 2 aromatic heterocycles. The number of hydrogen-bond donors (Lipinski definition) is 1. The Hall–Kier alpha value is -3.44. The van der Waals surface area contributed by atoms with E-state index in [1.165, 1.54) is 12.3 Å². The van der Waals surface area contributed by atoms with Crippen molar-refractivity contribution in [3.05, 3.63) is 69.5 Å². The zero-order valence-corrected chi connectivity index (χ0v) is 24.5. The molecule has 0 amide bonds. The van der Waals surface area contributed by atoms with Crippen molar-refractivity contribution in [1.82, 2.24) is 9.55 Å². The summed E-state index contributed by atoms with van der Waals surface area (Å²) in [5.74, 6) is -1.27. The number of pyridine rings is 1. The maximum atomic E-state index is 12.8. The summed E-state index contributed by atoms with van der Waals surface area (Å²) < 4.78 is 13.6. The summed E-state index contributed by atoms with van der Waals surface area (Å²) in [4.78, 5) is 34.1. The van der Waals surface area contributed by atoms with Crippen molar-refractivity contribution < 1.29 is 19.4 Å². The Balaban J connectivity index is 1.41. The third kappa shape index (κ3) is 5.32. The van der Waals surface area contributed by atoms with Crippen LogP contribution in [0.3, 0.4) is 0 Å². The highest BCUT2D eigenvalue weighted by atomic mass is 35.5. The second kappa shape index (κ2) is 11.4. The first kappa shape index (κ1) is 27.7. The Morgan fingerprint density at radius 3 is 2.73 bits per heavy atom. The van der Waals surface area contributed by atoms with Gasteiger partial charge < -0.3 is 28.9 Å². The molecule has 214 valence electrons. The molecule has 41 heavy (non-hydrogen) atoms. The summed E-state index contributed by atoms with van der Waals surface area (Å²) in [6.07, 6.45) is 4.65. The summed E-state index contributed by atoms with van der Waals surface area (Å²) in [7, 11) is 3.44. The highest BCUT2D eigenvalue weighted by Gasteiger charge is 2.27. The molecular weight excluding hydrogens is 564 g/mol. The summed E-state index contributed by atoms with van der Waals surface area (Å²) >= 11 is 8.36. The van der Waals surface area contributed by atoms with Crippen LogP contribution in [0.4, 0.5) is 10.8 Å². The van der Waals surface area contributed by atoms with Crippen molar-refractivity contribution in [2.24, 2.45) is 0 Å². The predicted molar refractivity (Wildman–Crippen MR) is 162 cm³/mol. The first-order valence-corrected chi connectivity index (χ1v) is 14.8. The number of anilines is 2.